The van der Waals surface area contributed by atoms with Crippen LogP contribution in [-0.4, -0.2) is 196 Å². The third-order valence-electron chi connectivity index (χ3n) is 12.4. The highest BCUT2D eigenvalue weighted by Gasteiger charge is 2.34. The summed E-state index contributed by atoms with van der Waals surface area (Å²) in [6.45, 7) is 3.45. The van der Waals surface area contributed by atoms with E-state index in [2.05, 4.69) is 63.2 Å². The topological polar surface area (TPSA) is 581 Å². The number of aliphatic imine (C=N–C) groups is 2. The van der Waals surface area contributed by atoms with E-state index >= 15 is 0 Å². The number of carbonyl (C=O) groups excluding carboxylic acids is 10. The number of nitrogens with zero attached hydrogens (tertiary/aromatic N) is 2. The third kappa shape index (κ3) is 29.0. The maximum atomic E-state index is 13.9. The fourth-order valence-electron chi connectivity index (χ4n) is 7.84. The SMILES string of the molecule is CC(C)C[C@H](N)C(=O)N[C@@H](Cc1ccc(O)cc1)C(=O)N[C@@H](CCCN=C(N)N)C(=O)N[C@@H](C)C(=O)NCC(=O)NCC(=O)N[C@@H](CC(=O)O)C(=O)N[C@@H](C)C(=O)N[C@@H](CCCN=C(N)N)C(=O)N[C@@H](Cc1ccc(O)cc1)C(=O)N[C@@H](CO)C(=O)O. The molecule has 34 nitrogen and oxygen atoms in total. The Morgan fingerprint density at radius 3 is 1.30 bits per heavy atom. The quantitative estimate of drug-likeness (QED) is 0.0169. The van der Waals surface area contributed by atoms with Crippen LogP contribution < -0.4 is 81.8 Å². The maximum absolute atomic E-state index is 13.9. The number of carbonyl (C=O) groups is 12. The van der Waals surface area contributed by atoms with E-state index in [0.29, 0.717) is 17.5 Å². The van der Waals surface area contributed by atoms with Gasteiger partial charge < -0.3 is 107 Å². The van der Waals surface area contributed by atoms with Crippen molar-refractivity contribution in [2.75, 3.05) is 32.8 Å². The first kappa shape index (κ1) is 73.2. The van der Waals surface area contributed by atoms with E-state index in [1.807, 2.05) is 13.8 Å². The van der Waals surface area contributed by atoms with E-state index in [9.17, 15) is 83.1 Å². The van der Waals surface area contributed by atoms with Crippen molar-refractivity contribution < 1.29 is 83.1 Å². The molecule has 0 aliphatic carbocycles. The third-order valence-corrected chi connectivity index (χ3v) is 12.4. The molecule has 2 aromatic rings. The summed E-state index contributed by atoms with van der Waals surface area (Å²) in [6.07, 6.45) is -1.18. The van der Waals surface area contributed by atoms with Crippen LogP contribution in [0.1, 0.15) is 77.3 Å². The Bertz CT molecular complexity index is 2760. The summed E-state index contributed by atoms with van der Waals surface area (Å²) >= 11 is 0. The number of guanidine groups is 2. The standard InChI is InChI=1S/C53H81N17O17/c1-26(2)19-33(54)45(80)68-36(20-29-9-13-31(72)14-10-29)49(84)67-34(7-5-17-59-52(55)56)46(81)63-27(3)43(78)62-23-40(74)61-24-41(75)65-38(22-42(76)77)48(83)64-28(4)44(79)66-35(8-6-18-60-53(57)58)47(82)69-37(21-30-11-15-32(73)16-12-30)50(85)70-39(25-71)51(86)87/h9-16,26-28,33-39,71-73H,5-8,17-25,54H2,1-4H3,(H,61,74)(H,62,78)(H,63,81)(H,64,83)(H,65,75)(H,66,79)(H,67,84)(H,68,80)(H,69,82)(H,70,85)(H,76,77)(H,86,87)(H4,55,56,59)(H4,57,58,60)/t27-,28-,33-,34-,35-,36-,37-,38-,39-/m0/s1. The molecule has 9 atom stereocenters. The Morgan fingerprint density at radius 2 is 0.862 bits per heavy atom. The average Bonchev–Trinajstić information content (AvgIpc) is 3.17. The van der Waals surface area contributed by atoms with Crippen molar-refractivity contribution in [2.24, 2.45) is 44.6 Å². The number of aliphatic hydroxyl groups is 1. The molecular weight excluding hydrogens is 1150 g/mol. The number of carboxylic acids is 2. The Balaban J connectivity index is 2.14. The van der Waals surface area contributed by atoms with Gasteiger partial charge in [-0.25, -0.2) is 4.79 Å². The van der Waals surface area contributed by atoms with Gasteiger partial charge in [-0.15, -0.1) is 0 Å². The molecule has 2 rings (SSSR count). The summed E-state index contributed by atoms with van der Waals surface area (Å²) in [5.74, 6) is -13.4. The van der Waals surface area contributed by atoms with Crippen LogP contribution in [0.25, 0.3) is 0 Å². The Morgan fingerprint density at radius 1 is 0.471 bits per heavy atom. The highest BCUT2D eigenvalue weighted by atomic mass is 16.4. The van der Waals surface area contributed by atoms with Crippen LogP contribution in [0.2, 0.25) is 0 Å². The van der Waals surface area contributed by atoms with E-state index in [0.717, 1.165) is 6.92 Å². The molecule has 0 aliphatic heterocycles. The van der Waals surface area contributed by atoms with Gasteiger partial charge in [0.2, 0.25) is 59.1 Å². The number of phenolic OH excluding ortho intramolecular Hbond substituents is 2. The number of hydrogen-bond acceptors (Lipinski definition) is 18. The summed E-state index contributed by atoms with van der Waals surface area (Å²) in [4.78, 5) is 165. The minimum absolute atomic E-state index is 0.0389. The van der Waals surface area contributed by atoms with Crippen LogP contribution in [0.15, 0.2) is 58.5 Å². The number of amides is 10. The Kier molecular flexibility index (Phi) is 31.5. The van der Waals surface area contributed by atoms with Crippen molar-refractivity contribution in [2.45, 2.75) is 133 Å². The molecule has 10 amide bonds. The molecule has 25 N–H and O–H groups in total. The lowest BCUT2D eigenvalue weighted by Crippen LogP contribution is -2.59. The molecule has 0 spiro atoms. The average molecular weight is 1230 g/mol. The number of phenols is 2. The van der Waals surface area contributed by atoms with Crippen molar-refractivity contribution >= 4 is 82.9 Å². The second kappa shape index (κ2) is 37.5. The lowest BCUT2D eigenvalue weighted by atomic mass is 10.0. The zero-order valence-electron chi connectivity index (χ0n) is 48.5. The van der Waals surface area contributed by atoms with Gasteiger partial charge in [0.25, 0.3) is 0 Å². The zero-order chi connectivity index (χ0) is 65.5. The van der Waals surface area contributed by atoms with Gasteiger partial charge in [0.15, 0.2) is 11.9 Å². The highest BCUT2D eigenvalue weighted by Crippen LogP contribution is 2.15. The minimum Gasteiger partial charge on any atom is -0.508 e. The van der Waals surface area contributed by atoms with Crippen LogP contribution in [-0.2, 0) is 70.4 Å². The molecule has 0 heterocycles. The summed E-state index contributed by atoms with van der Waals surface area (Å²) in [6, 6.07) is -1.94. The molecule has 480 valence electrons. The first-order valence-corrected chi connectivity index (χ1v) is 27.3. The lowest BCUT2D eigenvalue weighted by molar-refractivity contribution is -0.143. The number of nitrogens with one attached hydrogen (secondary N) is 10. The largest absolute Gasteiger partial charge is 0.508 e. The van der Waals surface area contributed by atoms with Gasteiger partial charge in [-0.1, -0.05) is 38.1 Å². The van der Waals surface area contributed by atoms with Gasteiger partial charge in [-0.05, 0) is 87.3 Å². The molecule has 2 aromatic carbocycles. The normalized spacial score (nSPS) is 13.9. The van der Waals surface area contributed by atoms with E-state index in [4.69, 9.17) is 28.7 Å². The smallest absolute Gasteiger partial charge is 0.328 e. The van der Waals surface area contributed by atoms with E-state index < -0.39 is 152 Å². The molecule has 0 aromatic heterocycles. The summed E-state index contributed by atoms with van der Waals surface area (Å²) in [7, 11) is 0. The number of nitrogens with two attached hydrogens (primary N) is 5. The second-order valence-electron chi connectivity index (χ2n) is 20.4. The number of benzene rings is 2. The summed E-state index contributed by atoms with van der Waals surface area (Å²) in [5.41, 5.74) is 28.7. The van der Waals surface area contributed by atoms with Crippen LogP contribution in [0.3, 0.4) is 0 Å². The number of aliphatic carboxylic acids is 2. The first-order valence-electron chi connectivity index (χ1n) is 27.3. The fourth-order valence-corrected chi connectivity index (χ4v) is 7.84. The first-order chi connectivity index (χ1) is 40.9. The van der Waals surface area contributed by atoms with Crippen LogP contribution >= 0.6 is 0 Å². The molecule has 0 unspecified atom stereocenters. The molecular formula is C53H81N17O17. The molecule has 0 bridgehead atoms. The summed E-state index contributed by atoms with van der Waals surface area (Å²) in [5, 5.41) is 71.4. The molecule has 0 saturated heterocycles. The Hall–Kier alpha value is -9.86. The van der Waals surface area contributed by atoms with Crippen molar-refractivity contribution in [1.29, 1.82) is 0 Å². The van der Waals surface area contributed by atoms with Crippen LogP contribution in [0.5, 0.6) is 11.5 Å². The minimum atomic E-state index is -1.87. The maximum Gasteiger partial charge on any atom is 0.328 e. The Labute approximate surface area is 499 Å². The number of aliphatic hydroxyl groups excluding tert-OH is 1. The van der Waals surface area contributed by atoms with E-state index in [-0.39, 0.29) is 81.0 Å². The lowest BCUT2D eigenvalue weighted by Gasteiger charge is -2.26. The molecule has 0 radical (unpaired) electrons. The van der Waals surface area contributed by atoms with Gasteiger partial charge in [-0.3, -0.25) is 62.7 Å². The molecule has 0 saturated carbocycles. The zero-order valence-corrected chi connectivity index (χ0v) is 48.5. The summed E-state index contributed by atoms with van der Waals surface area (Å²) < 4.78 is 0. The van der Waals surface area contributed by atoms with Crippen molar-refractivity contribution in [3.63, 3.8) is 0 Å². The van der Waals surface area contributed by atoms with Crippen LogP contribution in [0, 0.1) is 5.92 Å². The molecule has 0 fully saturated rings. The van der Waals surface area contributed by atoms with Gasteiger partial charge in [0.1, 0.15) is 59.8 Å². The van der Waals surface area contributed by atoms with Gasteiger partial charge in [0.05, 0.1) is 32.2 Å². The van der Waals surface area contributed by atoms with Crippen LogP contribution in [0.4, 0.5) is 0 Å². The fraction of sp³-hybridized carbons (Fsp3) is 0.509. The van der Waals surface area contributed by atoms with Crippen molar-refractivity contribution in [3.05, 3.63) is 59.7 Å². The number of carboxylic acid groups (broad SMARTS) is 2. The molecule has 0 aliphatic rings. The predicted octanol–water partition coefficient (Wildman–Crippen LogP) is -6.93. The number of rotatable bonds is 38. The second-order valence-corrected chi connectivity index (χ2v) is 20.4. The van der Waals surface area contributed by atoms with Crippen molar-refractivity contribution in [1.82, 2.24) is 53.2 Å². The highest BCUT2D eigenvalue weighted by molar-refractivity contribution is 5.98. The molecule has 34 heteroatoms. The van der Waals surface area contributed by atoms with Crippen molar-refractivity contribution in [3.8, 4) is 11.5 Å². The van der Waals surface area contributed by atoms with E-state index in [1.54, 1.807) is 0 Å². The van der Waals surface area contributed by atoms with E-state index in [1.165, 1.54) is 55.5 Å². The monoisotopic (exact) mass is 1230 g/mol. The predicted molar refractivity (Wildman–Crippen MR) is 311 cm³/mol. The van der Waals surface area contributed by atoms with Gasteiger partial charge >= 0.3 is 11.9 Å². The van der Waals surface area contributed by atoms with Gasteiger partial charge in [0, 0.05) is 25.9 Å². The number of hydrogen-bond donors (Lipinski definition) is 20. The van der Waals surface area contributed by atoms with Gasteiger partial charge in [-0.2, -0.15) is 0 Å². The number of aromatic hydroxyl groups is 2. The molecule has 87 heavy (non-hydrogen) atoms.